The maximum Gasteiger partial charge on any atom is 0.276 e. The van der Waals surface area contributed by atoms with Crippen LogP contribution in [0.3, 0.4) is 0 Å². The quantitative estimate of drug-likeness (QED) is 0.173. The first-order valence-electron chi connectivity index (χ1n) is 9.42. The molecular formula is C22H20N2O5S2. The van der Waals surface area contributed by atoms with Gasteiger partial charge in [-0.2, -0.15) is 0 Å². The molecule has 1 heterocycles. The van der Waals surface area contributed by atoms with Gasteiger partial charge in [0, 0.05) is 12.6 Å². The molecule has 160 valence electrons. The van der Waals surface area contributed by atoms with Crippen molar-refractivity contribution in [3.63, 3.8) is 0 Å². The van der Waals surface area contributed by atoms with E-state index in [1.54, 1.807) is 48.6 Å². The number of thioether (sulfide) groups is 1. The Morgan fingerprint density at radius 3 is 2.71 bits per heavy atom. The second-order valence-electron chi connectivity index (χ2n) is 6.39. The van der Waals surface area contributed by atoms with E-state index in [0.29, 0.717) is 39.4 Å². The van der Waals surface area contributed by atoms with Gasteiger partial charge in [0.25, 0.3) is 11.6 Å². The summed E-state index contributed by atoms with van der Waals surface area (Å²) in [5, 5.41) is 11.2. The Morgan fingerprint density at radius 1 is 1.23 bits per heavy atom. The highest BCUT2D eigenvalue weighted by atomic mass is 32.2. The summed E-state index contributed by atoms with van der Waals surface area (Å²) in [6, 6.07) is 11.7. The first-order valence-corrected chi connectivity index (χ1v) is 10.6. The fourth-order valence-electron chi connectivity index (χ4n) is 2.91. The van der Waals surface area contributed by atoms with Crippen LogP contribution >= 0.6 is 24.0 Å². The molecule has 0 spiro atoms. The number of nitro benzene ring substituents is 1. The Morgan fingerprint density at radius 2 is 2.00 bits per heavy atom. The van der Waals surface area contributed by atoms with E-state index in [4.69, 9.17) is 21.7 Å². The molecule has 7 nitrogen and oxygen atoms in total. The van der Waals surface area contributed by atoms with E-state index < -0.39 is 4.92 Å². The number of nitrogens with zero attached hydrogens (tertiary/aromatic N) is 2. The van der Waals surface area contributed by atoms with Gasteiger partial charge in [0.2, 0.25) is 0 Å². The van der Waals surface area contributed by atoms with Crippen molar-refractivity contribution in [2.75, 3.05) is 13.2 Å². The van der Waals surface area contributed by atoms with E-state index in [9.17, 15) is 14.9 Å². The van der Waals surface area contributed by atoms with E-state index >= 15 is 0 Å². The van der Waals surface area contributed by atoms with Crippen LogP contribution in [0.25, 0.3) is 6.08 Å². The van der Waals surface area contributed by atoms with Gasteiger partial charge in [0.05, 0.1) is 22.0 Å². The van der Waals surface area contributed by atoms with Gasteiger partial charge < -0.3 is 9.47 Å². The average Bonchev–Trinajstić information content (AvgIpc) is 3.01. The number of carbonyl (C=O) groups is 1. The van der Waals surface area contributed by atoms with Gasteiger partial charge in [0.15, 0.2) is 11.5 Å². The molecule has 2 aromatic rings. The highest BCUT2D eigenvalue weighted by molar-refractivity contribution is 8.26. The zero-order chi connectivity index (χ0) is 22.4. The number of rotatable bonds is 9. The Bertz CT molecular complexity index is 1070. The minimum Gasteiger partial charge on any atom is -0.490 e. The van der Waals surface area contributed by atoms with Gasteiger partial charge in [-0.3, -0.25) is 19.8 Å². The lowest BCUT2D eigenvalue weighted by Gasteiger charge is -2.13. The van der Waals surface area contributed by atoms with Crippen LogP contribution in [0.2, 0.25) is 0 Å². The fraction of sp³-hybridized carbons (Fsp3) is 0.182. The summed E-state index contributed by atoms with van der Waals surface area (Å²) in [5.74, 6) is 0.775. The van der Waals surface area contributed by atoms with Crippen molar-refractivity contribution in [3.8, 4) is 11.5 Å². The van der Waals surface area contributed by atoms with Crippen molar-refractivity contribution < 1.29 is 19.2 Å². The molecule has 1 fully saturated rings. The van der Waals surface area contributed by atoms with Crippen molar-refractivity contribution in [2.24, 2.45) is 0 Å². The van der Waals surface area contributed by atoms with Crippen molar-refractivity contribution in [1.29, 1.82) is 0 Å². The van der Waals surface area contributed by atoms with Gasteiger partial charge in [0.1, 0.15) is 10.9 Å². The highest BCUT2D eigenvalue weighted by Gasteiger charge is 2.31. The number of para-hydroxylation sites is 1. The molecule has 0 N–H and O–H groups in total. The van der Waals surface area contributed by atoms with Crippen LogP contribution in [0.4, 0.5) is 5.69 Å². The van der Waals surface area contributed by atoms with Crippen LogP contribution in [-0.4, -0.2) is 33.2 Å². The van der Waals surface area contributed by atoms with Crippen LogP contribution < -0.4 is 9.47 Å². The summed E-state index contributed by atoms with van der Waals surface area (Å²) in [5.41, 5.74) is 1.21. The summed E-state index contributed by atoms with van der Waals surface area (Å²) in [7, 11) is 0. The molecule has 3 rings (SSSR count). The molecule has 1 aliphatic rings. The maximum absolute atomic E-state index is 12.5. The molecule has 0 aliphatic carbocycles. The number of ether oxygens (including phenoxy) is 2. The number of hydrogen-bond acceptors (Lipinski definition) is 7. The molecule has 1 amide bonds. The third kappa shape index (κ3) is 5.31. The van der Waals surface area contributed by atoms with Crippen molar-refractivity contribution in [1.82, 2.24) is 4.90 Å². The Balaban J connectivity index is 1.82. The van der Waals surface area contributed by atoms with Crippen LogP contribution in [0.15, 0.2) is 60.0 Å². The van der Waals surface area contributed by atoms with Crippen LogP contribution in [0.1, 0.15) is 18.1 Å². The number of hydrogen-bond donors (Lipinski definition) is 0. The topological polar surface area (TPSA) is 81.9 Å². The van der Waals surface area contributed by atoms with Gasteiger partial charge in [-0.1, -0.05) is 48.3 Å². The number of amides is 1. The average molecular weight is 457 g/mol. The molecule has 0 bridgehead atoms. The van der Waals surface area contributed by atoms with Crippen molar-refractivity contribution >= 4 is 46.0 Å². The van der Waals surface area contributed by atoms with Gasteiger partial charge in [-0.15, -0.1) is 6.58 Å². The maximum atomic E-state index is 12.5. The summed E-state index contributed by atoms with van der Waals surface area (Å²) in [4.78, 5) is 25.3. The van der Waals surface area contributed by atoms with E-state index in [1.165, 1.54) is 22.7 Å². The third-order valence-corrected chi connectivity index (χ3v) is 5.70. The molecule has 0 aromatic heterocycles. The standard InChI is InChI=1S/C22H20N2O5S2/c1-3-11-23-21(25)20(31-22(23)30)13-15-9-10-18(19(12-15)28-4-2)29-14-16-7-5-6-8-17(16)24(26)27/h3,5-10,12-13H,1,4,11,14H2,2H3/b20-13-. The molecule has 2 aromatic carbocycles. The largest absolute Gasteiger partial charge is 0.490 e. The van der Waals surface area contributed by atoms with Crippen molar-refractivity contribution in [2.45, 2.75) is 13.5 Å². The third-order valence-electron chi connectivity index (χ3n) is 4.32. The van der Waals surface area contributed by atoms with Gasteiger partial charge >= 0.3 is 0 Å². The zero-order valence-corrected chi connectivity index (χ0v) is 18.4. The number of nitro groups is 1. The van der Waals surface area contributed by atoms with E-state index in [1.807, 2.05) is 6.92 Å². The molecule has 1 saturated heterocycles. The van der Waals surface area contributed by atoms with E-state index in [2.05, 4.69) is 6.58 Å². The lowest BCUT2D eigenvalue weighted by molar-refractivity contribution is -0.385. The predicted octanol–water partition coefficient (Wildman–Crippen LogP) is 4.96. The second kappa shape index (κ2) is 10.2. The molecule has 0 unspecified atom stereocenters. The lowest BCUT2D eigenvalue weighted by atomic mass is 10.1. The molecule has 0 saturated carbocycles. The minimum atomic E-state index is -0.437. The highest BCUT2D eigenvalue weighted by Crippen LogP contribution is 2.35. The Hall–Kier alpha value is -3.17. The normalized spacial score (nSPS) is 14.7. The SMILES string of the molecule is C=CCN1C(=O)/C(=C/c2ccc(OCc3ccccc3[N+](=O)[O-])c(OCC)c2)SC1=S. The number of thiocarbonyl (C=S) groups is 1. The fourth-order valence-corrected chi connectivity index (χ4v) is 4.18. The first-order chi connectivity index (χ1) is 14.9. The number of benzene rings is 2. The molecule has 31 heavy (non-hydrogen) atoms. The zero-order valence-electron chi connectivity index (χ0n) is 16.8. The summed E-state index contributed by atoms with van der Waals surface area (Å²) >= 11 is 6.50. The predicted molar refractivity (Wildman–Crippen MR) is 125 cm³/mol. The van der Waals surface area contributed by atoms with Gasteiger partial charge in [-0.25, -0.2) is 0 Å². The van der Waals surface area contributed by atoms with E-state index in [0.717, 1.165) is 5.56 Å². The lowest BCUT2D eigenvalue weighted by Crippen LogP contribution is -2.27. The smallest absolute Gasteiger partial charge is 0.276 e. The van der Waals surface area contributed by atoms with Crippen molar-refractivity contribution in [3.05, 3.63) is 81.3 Å². The van der Waals surface area contributed by atoms with E-state index in [-0.39, 0.29) is 18.2 Å². The number of carbonyl (C=O) groups excluding carboxylic acids is 1. The van der Waals surface area contributed by atoms with Gasteiger partial charge in [-0.05, 0) is 36.8 Å². The summed E-state index contributed by atoms with van der Waals surface area (Å²) in [6.07, 6.45) is 3.38. The monoisotopic (exact) mass is 456 g/mol. The molecule has 9 heteroatoms. The van der Waals surface area contributed by atoms with Crippen LogP contribution in [0, 0.1) is 10.1 Å². The van der Waals surface area contributed by atoms with Crippen LogP contribution in [0.5, 0.6) is 11.5 Å². The molecular weight excluding hydrogens is 436 g/mol. The molecule has 1 aliphatic heterocycles. The second-order valence-corrected chi connectivity index (χ2v) is 8.07. The van der Waals surface area contributed by atoms with Crippen LogP contribution in [-0.2, 0) is 11.4 Å². The summed E-state index contributed by atoms with van der Waals surface area (Å²) < 4.78 is 12.0. The Labute approximate surface area is 189 Å². The summed E-state index contributed by atoms with van der Waals surface area (Å²) in [6.45, 7) is 6.29. The molecule has 0 radical (unpaired) electrons. The first kappa shape index (κ1) is 22.5. The molecule has 0 atom stereocenters. The minimum absolute atomic E-state index is 0.00127. The Kier molecular flexibility index (Phi) is 7.43.